The number of hydrogen-bond donors (Lipinski definition) is 1. The van der Waals surface area contributed by atoms with E-state index in [1.54, 1.807) is 6.07 Å². The molecule has 92 valence electrons. The molecule has 2 aromatic rings. The molecule has 2 aromatic heterocycles. The van der Waals surface area contributed by atoms with Crippen molar-refractivity contribution >= 4 is 39.1 Å². The molecule has 0 bridgehead atoms. The number of aromatic nitrogens is 2. The summed E-state index contributed by atoms with van der Waals surface area (Å²) in [7, 11) is 0. The zero-order chi connectivity index (χ0) is 13.1. The van der Waals surface area contributed by atoms with Crippen molar-refractivity contribution in [3.63, 3.8) is 0 Å². The zero-order valence-corrected chi connectivity index (χ0v) is 11.2. The van der Waals surface area contributed by atoms with Gasteiger partial charge >= 0.3 is 0 Å². The minimum Gasteiger partial charge on any atom is -0.320 e. The molecule has 0 radical (unpaired) electrons. The van der Waals surface area contributed by atoms with Crippen LogP contribution in [-0.2, 0) is 0 Å². The van der Waals surface area contributed by atoms with Gasteiger partial charge in [-0.15, -0.1) is 0 Å². The molecule has 0 aromatic carbocycles. The molecule has 0 aliphatic heterocycles. The third kappa shape index (κ3) is 2.83. The third-order valence-electron chi connectivity index (χ3n) is 2.06. The van der Waals surface area contributed by atoms with E-state index >= 15 is 0 Å². The molecule has 4 nitrogen and oxygen atoms in total. The molecule has 0 saturated carbocycles. The van der Waals surface area contributed by atoms with Gasteiger partial charge in [0.15, 0.2) is 0 Å². The Morgan fingerprint density at radius 1 is 1.44 bits per heavy atom. The molecule has 0 aliphatic carbocycles. The first kappa shape index (κ1) is 12.9. The fourth-order valence-corrected chi connectivity index (χ4v) is 1.70. The van der Waals surface area contributed by atoms with E-state index in [0.717, 1.165) is 0 Å². The summed E-state index contributed by atoms with van der Waals surface area (Å²) in [5.74, 6) is -1.42. The van der Waals surface area contributed by atoms with E-state index in [1.165, 1.54) is 24.5 Å². The lowest BCUT2D eigenvalue weighted by Crippen LogP contribution is -2.14. The minimum absolute atomic E-state index is 0.136. The number of anilines is 1. The molecule has 7 heteroatoms. The Morgan fingerprint density at radius 3 is 2.89 bits per heavy atom. The highest BCUT2D eigenvalue weighted by molar-refractivity contribution is 9.10. The number of halogens is 3. The lowest BCUT2D eigenvalue weighted by molar-refractivity contribution is 0.102. The predicted octanol–water partition coefficient (Wildman–Crippen LogP) is 3.28. The molecule has 0 atom stereocenters. The van der Waals surface area contributed by atoms with Crippen molar-refractivity contribution < 1.29 is 9.18 Å². The number of carbonyl (C=O) groups is 1. The molecule has 1 N–H and O–H groups in total. The number of amides is 1. The van der Waals surface area contributed by atoms with Crippen molar-refractivity contribution in [2.45, 2.75) is 0 Å². The van der Waals surface area contributed by atoms with Crippen molar-refractivity contribution in [2.24, 2.45) is 0 Å². The van der Waals surface area contributed by atoms with Crippen LogP contribution in [0, 0.1) is 5.95 Å². The van der Waals surface area contributed by atoms with E-state index in [-0.39, 0.29) is 10.7 Å². The van der Waals surface area contributed by atoms with E-state index in [4.69, 9.17) is 11.6 Å². The first-order valence-electron chi connectivity index (χ1n) is 4.81. The van der Waals surface area contributed by atoms with Gasteiger partial charge in [-0.25, -0.2) is 9.97 Å². The number of nitrogens with one attached hydrogen (secondary N) is 1. The normalized spacial score (nSPS) is 10.2. The van der Waals surface area contributed by atoms with Gasteiger partial charge in [0.2, 0.25) is 5.95 Å². The van der Waals surface area contributed by atoms with Gasteiger partial charge in [-0.05, 0) is 34.1 Å². The number of pyridine rings is 2. The standard InChI is InChI=1S/C11H6BrClFN3O/c12-8-4-6(5-16-9(8)13)17-11(18)7-2-1-3-15-10(7)14/h1-5H,(H,17,18). The summed E-state index contributed by atoms with van der Waals surface area (Å²) < 4.78 is 13.8. The lowest BCUT2D eigenvalue weighted by atomic mass is 10.2. The first-order valence-corrected chi connectivity index (χ1v) is 5.98. The minimum atomic E-state index is -0.823. The monoisotopic (exact) mass is 329 g/mol. The Bertz CT molecular complexity index is 609. The Morgan fingerprint density at radius 2 is 2.22 bits per heavy atom. The van der Waals surface area contributed by atoms with Crippen LogP contribution in [0.5, 0.6) is 0 Å². The van der Waals surface area contributed by atoms with Crippen LogP contribution in [0.15, 0.2) is 35.1 Å². The summed E-state index contributed by atoms with van der Waals surface area (Å²) in [6.07, 6.45) is 2.64. The fraction of sp³-hybridized carbons (Fsp3) is 0. The van der Waals surface area contributed by atoms with Gasteiger partial charge in [0.1, 0.15) is 5.15 Å². The largest absolute Gasteiger partial charge is 0.320 e. The van der Waals surface area contributed by atoms with Gasteiger partial charge in [-0.2, -0.15) is 4.39 Å². The summed E-state index contributed by atoms with van der Waals surface area (Å²) in [5.41, 5.74) is 0.267. The molecule has 18 heavy (non-hydrogen) atoms. The van der Waals surface area contributed by atoms with Crippen LogP contribution in [-0.4, -0.2) is 15.9 Å². The van der Waals surface area contributed by atoms with Gasteiger partial charge in [0, 0.05) is 6.20 Å². The van der Waals surface area contributed by atoms with Crippen LogP contribution in [0.4, 0.5) is 10.1 Å². The molecule has 1 amide bonds. The summed E-state index contributed by atoms with van der Waals surface area (Å²) in [6, 6.07) is 4.39. The number of hydrogen-bond acceptors (Lipinski definition) is 3. The molecule has 0 saturated heterocycles. The van der Waals surface area contributed by atoms with Crippen molar-refractivity contribution in [3.05, 3.63) is 51.7 Å². The molecule has 0 aliphatic rings. The quantitative estimate of drug-likeness (QED) is 0.860. The Hall–Kier alpha value is -1.53. The summed E-state index contributed by atoms with van der Waals surface area (Å²) in [5, 5.41) is 2.78. The summed E-state index contributed by atoms with van der Waals surface area (Å²) in [6.45, 7) is 0. The molecule has 2 heterocycles. The second-order valence-corrected chi connectivity index (χ2v) is 4.50. The van der Waals surface area contributed by atoms with E-state index in [9.17, 15) is 9.18 Å². The van der Waals surface area contributed by atoms with Gasteiger partial charge in [-0.3, -0.25) is 4.79 Å². The highest BCUT2D eigenvalue weighted by atomic mass is 79.9. The predicted molar refractivity (Wildman–Crippen MR) is 69.1 cm³/mol. The molecule has 0 fully saturated rings. The number of carbonyl (C=O) groups excluding carboxylic acids is 1. The van der Waals surface area contributed by atoms with E-state index in [1.807, 2.05) is 0 Å². The van der Waals surface area contributed by atoms with E-state index in [2.05, 4.69) is 31.2 Å². The van der Waals surface area contributed by atoms with Gasteiger partial charge in [-0.1, -0.05) is 11.6 Å². The molecular weight excluding hydrogens is 324 g/mol. The van der Waals surface area contributed by atoms with Crippen LogP contribution >= 0.6 is 27.5 Å². The van der Waals surface area contributed by atoms with Crippen molar-refractivity contribution in [1.29, 1.82) is 0 Å². The van der Waals surface area contributed by atoms with Crippen LogP contribution < -0.4 is 5.32 Å². The Labute approximate surface area is 115 Å². The maximum atomic E-state index is 13.3. The van der Waals surface area contributed by atoms with Crippen molar-refractivity contribution in [1.82, 2.24) is 9.97 Å². The van der Waals surface area contributed by atoms with Gasteiger partial charge < -0.3 is 5.32 Å². The summed E-state index contributed by atoms with van der Waals surface area (Å²) >= 11 is 8.89. The van der Waals surface area contributed by atoms with Crippen LogP contribution in [0.3, 0.4) is 0 Å². The Balaban J connectivity index is 2.22. The first-order chi connectivity index (χ1) is 8.58. The van der Waals surface area contributed by atoms with Crippen molar-refractivity contribution in [2.75, 3.05) is 5.32 Å². The second kappa shape index (κ2) is 5.41. The molecule has 0 spiro atoms. The molecule has 2 rings (SSSR count). The molecular formula is C11H6BrClFN3O. The van der Waals surface area contributed by atoms with Crippen LogP contribution in [0.2, 0.25) is 5.15 Å². The Kier molecular flexibility index (Phi) is 3.88. The van der Waals surface area contributed by atoms with Crippen LogP contribution in [0.1, 0.15) is 10.4 Å². The maximum absolute atomic E-state index is 13.3. The second-order valence-electron chi connectivity index (χ2n) is 3.29. The third-order valence-corrected chi connectivity index (χ3v) is 3.19. The van der Waals surface area contributed by atoms with Gasteiger partial charge in [0.05, 0.1) is 21.9 Å². The van der Waals surface area contributed by atoms with Crippen molar-refractivity contribution in [3.8, 4) is 0 Å². The summed E-state index contributed by atoms with van der Waals surface area (Å²) in [4.78, 5) is 19.0. The van der Waals surface area contributed by atoms with E-state index < -0.39 is 11.9 Å². The zero-order valence-electron chi connectivity index (χ0n) is 8.82. The van der Waals surface area contributed by atoms with Crippen LogP contribution in [0.25, 0.3) is 0 Å². The molecule has 0 unspecified atom stereocenters. The maximum Gasteiger partial charge on any atom is 0.260 e. The highest BCUT2D eigenvalue weighted by Crippen LogP contribution is 2.23. The van der Waals surface area contributed by atoms with E-state index in [0.29, 0.717) is 10.2 Å². The number of nitrogens with zero attached hydrogens (tertiary/aromatic N) is 2. The highest BCUT2D eigenvalue weighted by Gasteiger charge is 2.12. The lowest BCUT2D eigenvalue weighted by Gasteiger charge is -2.06. The SMILES string of the molecule is O=C(Nc1cnc(Cl)c(Br)c1)c1cccnc1F. The average Bonchev–Trinajstić information content (AvgIpc) is 2.34. The smallest absolute Gasteiger partial charge is 0.260 e. The topological polar surface area (TPSA) is 54.9 Å². The van der Waals surface area contributed by atoms with Gasteiger partial charge in [0.25, 0.3) is 5.91 Å². The number of rotatable bonds is 2. The average molecular weight is 331 g/mol. The fourth-order valence-electron chi connectivity index (χ4n) is 1.24.